The van der Waals surface area contributed by atoms with Gasteiger partial charge in [-0.25, -0.2) is 0 Å². The molecule has 0 unspecified atom stereocenters. The van der Waals surface area contributed by atoms with E-state index in [2.05, 4.69) is 37.4 Å². The van der Waals surface area contributed by atoms with Gasteiger partial charge in [0.25, 0.3) is 11.8 Å². The summed E-state index contributed by atoms with van der Waals surface area (Å²) in [5, 5.41) is 20.8. The zero-order valence-electron chi connectivity index (χ0n) is 17.6. The van der Waals surface area contributed by atoms with E-state index in [9.17, 15) is 19.5 Å². The summed E-state index contributed by atoms with van der Waals surface area (Å²) in [6.45, 7) is 4.25. The highest BCUT2D eigenvalue weighted by Gasteiger charge is 2.32. The smallest absolute Gasteiger partial charge is 0.322 e. The first-order valence-corrected chi connectivity index (χ1v) is 10.2. The topological polar surface area (TPSA) is 107 Å². The summed E-state index contributed by atoms with van der Waals surface area (Å²) in [6.07, 6.45) is 0.141. The van der Waals surface area contributed by atoms with Crippen LogP contribution in [-0.2, 0) is 20.9 Å². The van der Waals surface area contributed by atoms with E-state index in [1.54, 1.807) is 0 Å². The Morgan fingerprint density at radius 1 is 1.10 bits per heavy atom. The number of carbonyl (C=O) groups is 3. The van der Waals surface area contributed by atoms with Gasteiger partial charge in [0.2, 0.25) is 0 Å². The predicted octanol–water partition coefficient (Wildman–Crippen LogP) is 3.22. The molecule has 0 radical (unpaired) electrons. The van der Waals surface area contributed by atoms with Crippen molar-refractivity contribution in [2.75, 3.05) is 13.1 Å². The molecule has 0 bridgehead atoms. The zero-order valence-corrected chi connectivity index (χ0v) is 17.6. The number of hydrogen-bond acceptors (Lipinski definition) is 4. The second-order valence-electron chi connectivity index (χ2n) is 7.85. The average Bonchev–Trinajstić information content (AvgIpc) is 2.75. The van der Waals surface area contributed by atoms with Gasteiger partial charge in [-0.15, -0.1) is 0 Å². The highest BCUT2D eigenvalue weighted by Crippen LogP contribution is 2.25. The fraction of sp³-hybridized carbons (Fsp3) is 0.292. The monoisotopic (exact) mass is 422 g/mol. The van der Waals surface area contributed by atoms with E-state index in [1.165, 1.54) is 10.5 Å². The Bertz CT molecular complexity index is 1020. The second kappa shape index (κ2) is 9.47. The molecule has 2 amide bonds. The van der Waals surface area contributed by atoms with Gasteiger partial charge in [-0.2, -0.15) is 0 Å². The van der Waals surface area contributed by atoms with Crippen LogP contribution in [0.4, 0.5) is 0 Å². The van der Waals surface area contributed by atoms with Crippen molar-refractivity contribution in [3.05, 3.63) is 71.0 Å². The van der Waals surface area contributed by atoms with Crippen molar-refractivity contribution in [3.63, 3.8) is 0 Å². The molecule has 1 aliphatic heterocycles. The summed E-state index contributed by atoms with van der Waals surface area (Å²) in [6, 6.07) is 16.3. The van der Waals surface area contributed by atoms with E-state index in [0.29, 0.717) is 5.92 Å². The van der Waals surface area contributed by atoms with Crippen molar-refractivity contribution < 1.29 is 24.6 Å². The molecule has 0 saturated carbocycles. The van der Waals surface area contributed by atoms with Crippen molar-refractivity contribution >= 4 is 17.8 Å². The van der Waals surface area contributed by atoms with Crippen LogP contribution in [-0.4, -0.2) is 46.0 Å². The van der Waals surface area contributed by atoms with Crippen molar-refractivity contribution in [3.8, 4) is 11.1 Å². The van der Waals surface area contributed by atoms with Gasteiger partial charge in [-0.1, -0.05) is 62.4 Å². The molecule has 1 heterocycles. The molecule has 0 aliphatic carbocycles. The molecule has 2 aromatic carbocycles. The Hall–Kier alpha value is -3.61. The molecule has 0 aromatic heterocycles. The molecule has 0 saturated heterocycles. The number of carboxylic acid groups (broad SMARTS) is 1. The number of hydrogen-bond donors (Lipinski definition) is 3. The lowest BCUT2D eigenvalue weighted by Gasteiger charge is -2.28. The van der Waals surface area contributed by atoms with E-state index >= 15 is 0 Å². The van der Waals surface area contributed by atoms with E-state index in [1.807, 2.05) is 30.3 Å². The van der Waals surface area contributed by atoms with E-state index in [0.717, 1.165) is 16.7 Å². The third-order valence-electron chi connectivity index (χ3n) is 5.25. The maximum Gasteiger partial charge on any atom is 0.322 e. The van der Waals surface area contributed by atoms with Gasteiger partial charge >= 0.3 is 5.97 Å². The quantitative estimate of drug-likeness (QED) is 0.594. The number of nitrogens with zero attached hydrogens (tertiary/aromatic N) is 1. The van der Waals surface area contributed by atoms with Gasteiger partial charge in [0.15, 0.2) is 0 Å². The largest absolute Gasteiger partial charge is 0.511 e. The molecule has 0 fully saturated rings. The second-order valence-corrected chi connectivity index (χ2v) is 7.85. The van der Waals surface area contributed by atoms with E-state index in [4.69, 9.17) is 5.11 Å². The minimum Gasteiger partial charge on any atom is -0.511 e. The number of nitrogens with one attached hydrogen (secondary N) is 1. The SMILES string of the molecule is CC(C)c1cccc(-c2ccc(CN3CCC(O)=C(C(=O)NCC(=O)O)C3=O)cc2)c1. The lowest BCUT2D eigenvalue weighted by atomic mass is 9.97. The number of amides is 2. The minimum atomic E-state index is -1.23. The summed E-state index contributed by atoms with van der Waals surface area (Å²) in [5.74, 6) is -2.59. The maximum atomic E-state index is 12.7. The van der Waals surface area contributed by atoms with Gasteiger partial charge in [0, 0.05) is 19.5 Å². The molecule has 3 N–H and O–H groups in total. The number of carboxylic acids is 1. The van der Waals surface area contributed by atoms with Gasteiger partial charge in [0.05, 0.1) is 0 Å². The first kappa shape index (κ1) is 22.1. The lowest BCUT2D eigenvalue weighted by Crippen LogP contribution is -2.43. The Kier molecular flexibility index (Phi) is 6.74. The van der Waals surface area contributed by atoms with Crippen molar-refractivity contribution in [2.24, 2.45) is 0 Å². The molecule has 162 valence electrons. The Labute approximate surface area is 181 Å². The van der Waals surface area contributed by atoms with Crippen molar-refractivity contribution in [1.29, 1.82) is 0 Å². The van der Waals surface area contributed by atoms with E-state index < -0.39 is 29.9 Å². The third-order valence-corrected chi connectivity index (χ3v) is 5.25. The molecule has 7 heteroatoms. The number of aliphatic carboxylic acids is 1. The first-order valence-electron chi connectivity index (χ1n) is 10.2. The molecular formula is C24H26N2O5. The van der Waals surface area contributed by atoms with Crippen LogP contribution in [0.15, 0.2) is 59.9 Å². The van der Waals surface area contributed by atoms with Crippen LogP contribution in [0.25, 0.3) is 11.1 Å². The molecule has 1 aliphatic rings. The summed E-state index contributed by atoms with van der Waals surface area (Å²) in [7, 11) is 0. The molecule has 7 nitrogen and oxygen atoms in total. The van der Waals surface area contributed by atoms with Crippen LogP contribution in [0.3, 0.4) is 0 Å². The van der Waals surface area contributed by atoms with Crippen LogP contribution in [0.5, 0.6) is 0 Å². The van der Waals surface area contributed by atoms with Gasteiger partial charge < -0.3 is 20.4 Å². The molecule has 2 aromatic rings. The van der Waals surface area contributed by atoms with Crippen LogP contribution >= 0.6 is 0 Å². The highest BCUT2D eigenvalue weighted by atomic mass is 16.4. The van der Waals surface area contributed by atoms with Gasteiger partial charge in [-0.3, -0.25) is 14.4 Å². The zero-order chi connectivity index (χ0) is 22.5. The highest BCUT2D eigenvalue weighted by molar-refractivity contribution is 6.19. The molecule has 0 atom stereocenters. The molecule has 0 spiro atoms. The Morgan fingerprint density at radius 3 is 2.45 bits per heavy atom. The fourth-order valence-electron chi connectivity index (χ4n) is 3.47. The van der Waals surface area contributed by atoms with Crippen molar-refractivity contribution in [2.45, 2.75) is 32.7 Å². The summed E-state index contributed by atoms with van der Waals surface area (Å²) in [4.78, 5) is 37.0. The van der Waals surface area contributed by atoms with Crippen LogP contribution in [0.2, 0.25) is 0 Å². The first-order chi connectivity index (χ1) is 14.8. The summed E-state index contributed by atoms with van der Waals surface area (Å²) < 4.78 is 0. The number of aliphatic hydroxyl groups excluding tert-OH is 1. The molecule has 31 heavy (non-hydrogen) atoms. The maximum absolute atomic E-state index is 12.7. The van der Waals surface area contributed by atoms with Gasteiger partial charge in [0.1, 0.15) is 17.9 Å². The number of aliphatic hydroxyl groups is 1. The van der Waals surface area contributed by atoms with Crippen LogP contribution < -0.4 is 5.32 Å². The van der Waals surface area contributed by atoms with Crippen LogP contribution in [0, 0.1) is 0 Å². The van der Waals surface area contributed by atoms with Crippen molar-refractivity contribution in [1.82, 2.24) is 10.2 Å². The lowest BCUT2D eigenvalue weighted by molar-refractivity contribution is -0.138. The number of carbonyl (C=O) groups excluding carboxylic acids is 2. The number of rotatable bonds is 7. The summed E-state index contributed by atoms with van der Waals surface area (Å²) >= 11 is 0. The standard InChI is InChI=1S/C24H26N2O5/c1-15(2)18-4-3-5-19(12-18)17-8-6-16(7-9-17)14-26-11-10-20(27)22(24(26)31)23(30)25-13-21(28)29/h3-9,12,15,27H,10-11,13-14H2,1-2H3,(H,25,30)(H,28,29). The summed E-state index contributed by atoms with van der Waals surface area (Å²) in [5.41, 5.74) is 3.96. The average molecular weight is 422 g/mol. The number of benzene rings is 2. The molecule has 3 rings (SSSR count). The normalized spacial score (nSPS) is 14.2. The third kappa shape index (κ3) is 5.31. The Morgan fingerprint density at radius 2 is 1.81 bits per heavy atom. The fourth-order valence-corrected chi connectivity index (χ4v) is 3.47. The minimum absolute atomic E-state index is 0.141. The van der Waals surface area contributed by atoms with Crippen LogP contribution in [0.1, 0.15) is 37.3 Å². The van der Waals surface area contributed by atoms with E-state index in [-0.39, 0.29) is 25.3 Å². The predicted molar refractivity (Wildman–Crippen MR) is 116 cm³/mol. The Balaban J connectivity index is 1.71. The molecular weight excluding hydrogens is 396 g/mol. The van der Waals surface area contributed by atoms with Gasteiger partial charge in [-0.05, 0) is 28.2 Å².